The van der Waals surface area contributed by atoms with Gasteiger partial charge in [0.05, 0.1) is 0 Å². The van der Waals surface area contributed by atoms with Crippen LogP contribution in [0.15, 0.2) is 24.3 Å². The third-order valence-electron chi connectivity index (χ3n) is 5.86. The van der Waals surface area contributed by atoms with E-state index in [1.54, 1.807) is 0 Å². The molecule has 1 unspecified atom stereocenters. The lowest BCUT2D eigenvalue weighted by atomic mass is 9.91. The van der Waals surface area contributed by atoms with Gasteiger partial charge in [-0.05, 0) is 49.4 Å². The molecule has 1 saturated heterocycles. The maximum Gasteiger partial charge on any atom is 0.245 e. The number of hydrogen-bond donors (Lipinski definition) is 1. The second kappa shape index (κ2) is 10.3. The Morgan fingerprint density at radius 2 is 1.79 bits per heavy atom. The van der Waals surface area contributed by atoms with Crippen molar-refractivity contribution in [2.24, 2.45) is 11.8 Å². The van der Waals surface area contributed by atoms with Crippen LogP contribution in [0.25, 0.3) is 0 Å². The third-order valence-corrected chi connectivity index (χ3v) is 5.86. The predicted octanol–water partition coefficient (Wildman–Crippen LogP) is 2.87. The van der Waals surface area contributed by atoms with Crippen LogP contribution in [-0.4, -0.2) is 54.3 Å². The van der Waals surface area contributed by atoms with Gasteiger partial charge in [-0.3, -0.25) is 9.59 Å². The minimum absolute atomic E-state index is 0. The smallest absolute Gasteiger partial charge is 0.245 e. The molecule has 1 atom stereocenters. The van der Waals surface area contributed by atoms with Crippen molar-refractivity contribution in [2.45, 2.75) is 52.1 Å². The number of carbonyl (C=O) groups excluding carboxylic acids is 2. The van der Waals surface area contributed by atoms with Crippen molar-refractivity contribution in [3.05, 3.63) is 35.4 Å². The Balaban J connectivity index is 0.00000280. The van der Waals surface area contributed by atoms with E-state index in [-0.39, 0.29) is 30.3 Å². The van der Waals surface area contributed by atoms with Crippen molar-refractivity contribution in [1.82, 2.24) is 15.1 Å². The lowest BCUT2D eigenvalue weighted by Crippen LogP contribution is -2.55. The van der Waals surface area contributed by atoms with Crippen LogP contribution in [0.4, 0.5) is 0 Å². The SMILES string of the molecule is CNCC1CCN(C(=O)C2Cc3ccccc3CN2C(=O)CC(C)C)CC1.Cl. The Kier molecular flexibility index (Phi) is 8.32. The molecule has 0 aliphatic carbocycles. The number of amides is 2. The Bertz CT molecular complexity index is 672. The largest absolute Gasteiger partial charge is 0.341 e. The van der Waals surface area contributed by atoms with Crippen LogP contribution in [0.5, 0.6) is 0 Å². The lowest BCUT2D eigenvalue weighted by Gasteiger charge is -2.41. The predicted molar refractivity (Wildman–Crippen MR) is 114 cm³/mol. The summed E-state index contributed by atoms with van der Waals surface area (Å²) in [4.78, 5) is 30.1. The topological polar surface area (TPSA) is 52.7 Å². The van der Waals surface area contributed by atoms with Gasteiger partial charge in [-0.2, -0.15) is 0 Å². The van der Waals surface area contributed by atoms with E-state index in [4.69, 9.17) is 0 Å². The first-order chi connectivity index (χ1) is 13.0. The molecule has 0 aromatic heterocycles. The van der Waals surface area contributed by atoms with E-state index in [9.17, 15) is 9.59 Å². The van der Waals surface area contributed by atoms with Gasteiger partial charge in [-0.15, -0.1) is 12.4 Å². The Hall–Kier alpha value is -1.59. The number of hydrogen-bond acceptors (Lipinski definition) is 3. The van der Waals surface area contributed by atoms with Gasteiger partial charge in [0, 0.05) is 32.5 Å². The van der Waals surface area contributed by atoms with Crippen LogP contribution in [0.2, 0.25) is 0 Å². The zero-order chi connectivity index (χ0) is 19.4. The number of rotatable bonds is 5. The standard InChI is InChI=1S/C22H33N3O2.ClH/c1-16(2)12-21(26)25-15-19-7-5-4-6-18(19)13-20(25)22(27)24-10-8-17(9-11-24)14-23-3;/h4-7,16-17,20,23H,8-15H2,1-3H3;1H. The van der Waals surface area contributed by atoms with Crippen LogP contribution < -0.4 is 5.32 Å². The maximum absolute atomic E-state index is 13.3. The number of carbonyl (C=O) groups is 2. The molecule has 0 spiro atoms. The highest BCUT2D eigenvalue weighted by Crippen LogP contribution is 2.27. The zero-order valence-corrected chi connectivity index (χ0v) is 18.1. The highest BCUT2D eigenvalue weighted by atomic mass is 35.5. The number of likely N-dealkylation sites (tertiary alicyclic amines) is 1. The molecule has 1 aromatic rings. The summed E-state index contributed by atoms with van der Waals surface area (Å²) in [6.07, 6.45) is 3.21. The minimum atomic E-state index is -0.355. The molecule has 2 aliphatic rings. The first kappa shape index (κ1) is 22.7. The van der Waals surface area contributed by atoms with E-state index in [1.807, 2.05) is 29.0 Å². The normalized spacial score (nSPS) is 19.9. The molecule has 28 heavy (non-hydrogen) atoms. The summed E-state index contributed by atoms with van der Waals surface area (Å²) in [5, 5.41) is 3.24. The van der Waals surface area contributed by atoms with Crippen molar-refractivity contribution in [1.29, 1.82) is 0 Å². The van der Waals surface area contributed by atoms with E-state index in [2.05, 4.69) is 31.3 Å². The fourth-order valence-corrected chi connectivity index (χ4v) is 4.33. The van der Waals surface area contributed by atoms with Gasteiger partial charge in [0.1, 0.15) is 6.04 Å². The van der Waals surface area contributed by atoms with Crippen LogP contribution in [0, 0.1) is 11.8 Å². The van der Waals surface area contributed by atoms with Crippen molar-refractivity contribution >= 4 is 24.2 Å². The van der Waals surface area contributed by atoms with E-state index >= 15 is 0 Å². The van der Waals surface area contributed by atoms with Crippen LogP contribution in [-0.2, 0) is 22.6 Å². The van der Waals surface area contributed by atoms with E-state index in [1.165, 1.54) is 11.1 Å². The molecule has 0 radical (unpaired) electrons. The van der Waals surface area contributed by atoms with E-state index < -0.39 is 0 Å². The molecule has 1 fully saturated rings. The van der Waals surface area contributed by atoms with E-state index in [0.717, 1.165) is 32.5 Å². The van der Waals surface area contributed by atoms with Gasteiger partial charge >= 0.3 is 0 Å². The molecule has 0 bridgehead atoms. The summed E-state index contributed by atoms with van der Waals surface area (Å²) in [6, 6.07) is 7.86. The maximum atomic E-state index is 13.3. The van der Waals surface area contributed by atoms with Crippen LogP contribution in [0.1, 0.15) is 44.2 Å². The fraction of sp³-hybridized carbons (Fsp3) is 0.636. The van der Waals surface area contributed by atoms with Gasteiger partial charge in [0.25, 0.3) is 0 Å². The van der Waals surface area contributed by atoms with Crippen molar-refractivity contribution < 1.29 is 9.59 Å². The van der Waals surface area contributed by atoms with Crippen LogP contribution in [0.3, 0.4) is 0 Å². The summed E-state index contributed by atoms with van der Waals surface area (Å²) in [5.41, 5.74) is 2.38. The average molecular weight is 408 g/mol. The molecule has 1 N–H and O–H groups in total. The highest BCUT2D eigenvalue weighted by molar-refractivity contribution is 5.88. The third kappa shape index (κ3) is 5.26. The second-order valence-electron chi connectivity index (χ2n) is 8.43. The number of halogens is 1. The number of piperidine rings is 1. The van der Waals surface area contributed by atoms with Gasteiger partial charge in [-0.1, -0.05) is 38.1 Å². The summed E-state index contributed by atoms with van der Waals surface area (Å²) in [7, 11) is 1.98. The first-order valence-corrected chi connectivity index (χ1v) is 10.3. The monoisotopic (exact) mass is 407 g/mol. The molecule has 156 valence electrons. The molecular formula is C22H34ClN3O2. The summed E-state index contributed by atoms with van der Waals surface area (Å²) >= 11 is 0. The van der Waals surface area contributed by atoms with Crippen molar-refractivity contribution in [3.63, 3.8) is 0 Å². The van der Waals surface area contributed by atoms with Crippen LogP contribution >= 0.6 is 12.4 Å². The lowest BCUT2D eigenvalue weighted by molar-refractivity contribution is -0.148. The first-order valence-electron chi connectivity index (χ1n) is 10.3. The Morgan fingerprint density at radius 3 is 2.39 bits per heavy atom. The minimum Gasteiger partial charge on any atom is -0.341 e. The molecule has 2 aliphatic heterocycles. The molecule has 2 heterocycles. The summed E-state index contributed by atoms with van der Waals surface area (Å²) < 4.78 is 0. The molecule has 0 saturated carbocycles. The number of nitrogens with one attached hydrogen (secondary N) is 1. The molecule has 5 nitrogen and oxygen atoms in total. The fourth-order valence-electron chi connectivity index (χ4n) is 4.33. The Labute approximate surface area is 175 Å². The second-order valence-corrected chi connectivity index (χ2v) is 8.43. The molecule has 3 rings (SSSR count). The molecule has 6 heteroatoms. The summed E-state index contributed by atoms with van der Waals surface area (Å²) in [6.45, 7) is 7.27. The average Bonchev–Trinajstić information content (AvgIpc) is 2.66. The summed E-state index contributed by atoms with van der Waals surface area (Å²) in [5.74, 6) is 1.17. The number of benzene rings is 1. The van der Waals surface area contributed by atoms with Gasteiger partial charge in [0.2, 0.25) is 11.8 Å². The van der Waals surface area contributed by atoms with Gasteiger partial charge in [-0.25, -0.2) is 0 Å². The molecule has 1 aromatic carbocycles. The van der Waals surface area contributed by atoms with E-state index in [0.29, 0.717) is 31.2 Å². The highest BCUT2D eigenvalue weighted by Gasteiger charge is 2.37. The zero-order valence-electron chi connectivity index (χ0n) is 17.3. The van der Waals surface area contributed by atoms with Gasteiger partial charge in [0.15, 0.2) is 0 Å². The van der Waals surface area contributed by atoms with Crippen molar-refractivity contribution in [3.8, 4) is 0 Å². The quantitative estimate of drug-likeness (QED) is 0.816. The molecule has 2 amide bonds. The van der Waals surface area contributed by atoms with Crippen molar-refractivity contribution in [2.75, 3.05) is 26.7 Å². The number of nitrogens with zero attached hydrogens (tertiary/aromatic N) is 2. The Morgan fingerprint density at radius 1 is 1.14 bits per heavy atom. The number of fused-ring (bicyclic) bond motifs is 1. The van der Waals surface area contributed by atoms with Gasteiger partial charge < -0.3 is 15.1 Å². The molecular weight excluding hydrogens is 374 g/mol.